The third-order valence-corrected chi connectivity index (χ3v) is 3.36. The van der Waals surface area contributed by atoms with Crippen LogP contribution in [-0.2, 0) is 9.53 Å². The number of cyclic esters (lactones) is 1. The number of nitrogens with zero attached hydrogens (tertiary/aromatic N) is 1. The third kappa shape index (κ3) is 1.16. The molecule has 0 saturated carbocycles. The van der Waals surface area contributed by atoms with E-state index < -0.39 is 0 Å². The minimum Gasteiger partial charge on any atom is -0.465 e. The zero-order valence-corrected chi connectivity index (χ0v) is 8.64. The van der Waals surface area contributed by atoms with Gasteiger partial charge in [0.15, 0.2) is 0 Å². The summed E-state index contributed by atoms with van der Waals surface area (Å²) in [5, 5.41) is 0. The highest BCUT2D eigenvalue weighted by Crippen LogP contribution is 2.41. The van der Waals surface area contributed by atoms with Gasteiger partial charge in [0.2, 0.25) is 0 Å². The van der Waals surface area contributed by atoms with Crippen molar-refractivity contribution in [3.8, 4) is 0 Å². The molecule has 0 spiro atoms. The molecule has 0 aliphatic carbocycles. The highest BCUT2D eigenvalue weighted by Gasteiger charge is 2.42. The van der Waals surface area contributed by atoms with E-state index in [-0.39, 0.29) is 11.9 Å². The largest absolute Gasteiger partial charge is 0.465 e. The van der Waals surface area contributed by atoms with Gasteiger partial charge in [-0.2, -0.15) is 0 Å². The van der Waals surface area contributed by atoms with E-state index in [1.807, 2.05) is 18.2 Å². The molecule has 0 aromatic heterocycles. The maximum Gasteiger partial charge on any atom is 0.313 e. The number of rotatable bonds is 0. The van der Waals surface area contributed by atoms with E-state index in [1.165, 1.54) is 0 Å². The van der Waals surface area contributed by atoms with E-state index in [2.05, 4.69) is 18.0 Å². The number of benzene rings is 1. The van der Waals surface area contributed by atoms with Gasteiger partial charge in [-0.25, -0.2) is 0 Å². The summed E-state index contributed by atoms with van der Waals surface area (Å²) in [4.78, 5) is 13.8. The first-order valence-electron chi connectivity index (χ1n) is 5.24. The molecule has 2 atom stereocenters. The molecule has 3 heteroatoms. The van der Waals surface area contributed by atoms with Crippen molar-refractivity contribution >= 4 is 11.7 Å². The zero-order chi connectivity index (χ0) is 10.4. The Bertz CT molecular complexity index is 416. The van der Waals surface area contributed by atoms with Crippen LogP contribution in [-0.4, -0.2) is 26.2 Å². The zero-order valence-electron chi connectivity index (χ0n) is 8.64. The van der Waals surface area contributed by atoms with E-state index in [0.717, 1.165) is 17.8 Å². The fourth-order valence-electron chi connectivity index (χ4n) is 2.65. The predicted octanol–water partition coefficient (Wildman–Crippen LogP) is 1.39. The maximum absolute atomic E-state index is 11.6. The number of hydrogen-bond acceptors (Lipinski definition) is 3. The van der Waals surface area contributed by atoms with Gasteiger partial charge in [0.25, 0.3) is 0 Å². The van der Waals surface area contributed by atoms with Crippen molar-refractivity contribution < 1.29 is 9.53 Å². The Hall–Kier alpha value is -1.51. The lowest BCUT2D eigenvalue weighted by molar-refractivity contribution is -0.139. The van der Waals surface area contributed by atoms with Crippen LogP contribution in [0.3, 0.4) is 0 Å². The second-order valence-corrected chi connectivity index (χ2v) is 4.31. The van der Waals surface area contributed by atoms with Gasteiger partial charge in [-0.15, -0.1) is 0 Å². The Morgan fingerprint density at radius 3 is 3.07 bits per heavy atom. The van der Waals surface area contributed by atoms with Crippen molar-refractivity contribution in [3.63, 3.8) is 0 Å². The van der Waals surface area contributed by atoms with Crippen LogP contribution in [0.25, 0.3) is 0 Å². The SMILES string of the molecule is CN1CC2COC(=O)C2c2ccccc21. The number of anilines is 1. The first kappa shape index (κ1) is 8.77. The average Bonchev–Trinajstić information content (AvgIpc) is 2.61. The van der Waals surface area contributed by atoms with Crippen molar-refractivity contribution in [2.75, 3.05) is 25.1 Å². The van der Waals surface area contributed by atoms with Crippen LogP contribution in [0.5, 0.6) is 0 Å². The summed E-state index contributed by atoms with van der Waals surface area (Å²) in [6, 6.07) is 8.10. The van der Waals surface area contributed by atoms with Crippen LogP contribution in [0.2, 0.25) is 0 Å². The second-order valence-electron chi connectivity index (χ2n) is 4.31. The molecule has 0 bridgehead atoms. The number of fused-ring (bicyclic) bond motifs is 3. The van der Waals surface area contributed by atoms with Crippen LogP contribution >= 0.6 is 0 Å². The second kappa shape index (κ2) is 2.99. The number of para-hydroxylation sites is 1. The minimum absolute atomic E-state index is 0.0302. The van der Waals surface area contributed by atoms with Crippen molar-refractivity contribution in [1.82, 2.24) is 0 Å². The Kier molecular flexibility index (Phi) is 1.75. The first-order chi connectivity index (χ1) is 7.27. The van der Waals surface area contributed by atoms with Crippen LogP contribution in [0.1, 0.15) is 11.5 Å². The molecule has 0 amide bonds. The van der Waals surface area contributed by atoms with E-state index in [1.54, 1.807) is 0 Å². The van der Waals surface area contributed by atoms with Crippen LogP contribution < -0.4 is 4.90 Å². The Morgan fingerprint density at radius 2 is 2.20 bits per heavy atom. The van der Waals surface area contributed by atoms with Gasteiger partial charge in [-0.3, -0.25) is 4.79 Å². The lowest BCUT2D eigenvalue weighted by atomic mass is 9.83. The number of ether oxygens (including phenoxy) is 1. The molecule has 2 heterocycles. The Balaban J connectivity index is 2.13. The Morgan fingerprint density at radius 1 is 1.40 bits per heavy atom. The fourth-order valence-corrected chi connectivity index (χ4v) is 2.65. The fraction of sp³-hybridized carbons (Fsp3) is 0.417. The molecule has 2 aliphatic heterocycles. The summed E-state index contributed by atoms with van der Waals surface area (Å²) < 4.78 is 5.14. The molecule has 3 nitrogen and oxygen atoms in total. The number of esters is 1. The smallest absolute Gasteiger partial charge is 0.313 e. The predicted molar refractivity (Wildman–Crippen MR) is 56.9 cm³/mol. The molecule has 15 heavy (non-hydrogen) atoms. The highest BCUT2D eigenvalue weighted by atomic mass is 16.5. The van der Waals surface area contributed by atoms with E-state index in [9.17, 15) is 4.79 Å². The van der Waals surface area contributed by atoms with Gasteiger partial charge in [0.1, 0.15) is 0 Å². The molecule has 78 valence electrons. The van der Waals surface area contributed by atoms with E-state index >= 15 is 0 Å². The normalized spacial score (nSPS) is 28.3. The van der Waals surface area contributed by atoms with Gasteiger partial charge >= 0.3 is 5.97 Å². The van der Waals surface area contributed by atoms with Crippen LogP contribution in [0, 0.1) is 5.92 Å². The maximum atomic E-state index is 11.6. The standard InChI is InChI=1S/C12H13NO2/c1-13-6-8-7-15-12(14)11(8)9-4-2-3-5-10(9)13/h2-5,8,11H,6-7H2,1H3. The average molecular weight is 203 g/mol. The molecule has 1 fully saturated rings. The summed E-state index contributed by atoms with van der Waals surface area (Å²) in [5.74, 6) is 0.246. The third-order valence-electron chi connectivity index (χ3n) is 3.36. The molecule has 2 unspecified atom stereocenters. The van der Waals surface area contributed by atoms with E-state index in [0.29, 0.717) is 12.5 Å². The molecular weight excluding hydrogens is 190 g/mol. The van der Waals surface area contributed by atoms with Gasteiger partial charge in [-0.05, 0) is 11.6 Å². The van der Waals surface area contributed by atoms with Crippen LogP contribution in [0.15, 0.2) is 24.3 Å². The molecule has 2 aliphatic rings. The summed E-state index contributed by atoms with van der Waals surface area (Å²) >= 11 is 0. The molecule has 1 aromatic rings. The molecule has 0 radical (unpaired) electrons. The first-order valence-corrected chi connectivity index (χ1v) is 5.24. The van der Waals surface area contributed by atoms with Crippen molar-refractivity contribution in [1.29, 1.82) is 0 Å². The minimum atomic E-state index is -0.0550. The molecule has 1 saturated heterocycles. The van der Waals surface area contributed by atoms with Crippen molar-refractivity contribution in [3.05, 3.63) is 29.8 Å². The molecule has 1 aromatic carbocycles. The molecule has 0 N–H and O–H groups in total. The van der Waals surface area contributed by atoms with Gasteiger partial charge in [-0.1, -0.05) is 18.2 Å². The van der Waals surface area contributed by atoms with Gasteiger partial charge < -0.3 is 9.64 Å². The van der Waals surface area contributed by atoms with Crippen molar-refractivity contribution in [2.45, 2.75) is 5.92 Å². The van der Waals surface area contributed by atoms with E-state index in [4.69, 9.17) is 4.74 Å². The summed E-state index contributed by atoms with van der Waals surface area (Å²) in [6.07, 6.45) is 0. The quantitative estimate of drug-likeness (QED) is 0.597. The van der Waals surface area contributed by atoms with Crippen LogP contribution in [0.4, 0.5) is 5.69 Å². The lowest BCUT2D eigenvalue weighted by Gasteiger charge is -2.33. The number of hydrogen-bond donors (Lipinski definition) is 0. The van der Waals surface area contributed by atoms with Gasteiger partial charge in [0, 0.05) is 25.2 Å². The lowest BCUT2D eigenvalue weighted by Crippen LogP contribution is -2.35. The number of carbonyl (C=O) groups is 1. The molecule has 3 rings (SSSR count). The van der Waals surface area contributed by atoms with Crippen molar-refractivity contribution in [2.24, 2.45) is 5.92 Å². The summed E-state index contributed by atoms with van der Waals surface area (Å²) in [5.41, 5.74) is 2.29. The summed E-state index contributed by atoms with van der Waals surface area (Å²) in [6.45, 7) is 1.48. The monoisotopic (exact) mass is 203 g/mol. The summed E-state index contributed by atoms with van der Waals surface area (Å²) in [7, 11) is 2.07. The topological polar surface area (TPSA) is 29.5 Å². The number of carbonyl (C=O) groups excluding carboxylic acids is 1. The Labute approximate surface area is 88.6 Å². The molecular formula is C12H13NO2. The van der Waals surface area contributed by atoms with Gasteiger partial charge in [0.05, 0.1) is 12.5 Å². The highest BCUT2D eigenvalue weighted by molar-refractivity contribution is 5.84.